The average Bonchev–Trinajstić information content (AvgIpc) is 2.97. The molecule has 152 valence electrons. The molecule has 7 nitrogen and oxygen atoms in total. The lowest BCUT2D eigenvalue weighted by atomic mass is 10.1. The van der Waals surface area contributed by atoms with Crippen LogP contribution in [0.15, 0.2) is 51.5 Å². The zero-order valence-corrected chi connectivity index (χ0v) is 18.1. The first-order valence-corrected chi connectivity index (χ1v) is 11.2. The zero-order valence-electron chi connectivity index (χ0n) is 16.5. The van der Waals surface area contributed by atoms with E-state index in [9.17, 15) is 13.2 Å². The van der Waals surface area contributed by atoms with Crippen LogP contribution in [-0.2, 0) is 14.9 Å². The molecule has 3 rings (SSSR count). The van der Waals surface area contributed by atoms with Crippen LogP contribution in [0.2, 0.25) is 0 Å². The maximum Gasteiger partial charge on any atom is 0.339 e. The normalized spacial score (nSPS) is 18.4. The Labute approximate surface area is 174 Å². The molecular weight excluding hydrogens is 410 g/mol. The molecule has 2 aromatic rings. The van der Waals surface area contributed by atoms with Crippen molar-refractivity contribution >= 4 is 39.2 Å². The number of hydrogen-bond donors (Lipinski definition) is 1. The highest BCUT2D eigenvalue weighted by atomic mass is 32.2. The number of nitrogens with zero attached hydrogens (tertiary/aromatic N) is 2. The number of carbonyl (C=O) groups excluding carboxylic acids is 1. The Morgan fingerprint density at radius 3 is 2.59 bits per heavy atom. The number of amides is 1. The van der Waals surface area contributed by atoms with Gasteiger partial charge in [-0.25, -0.2) is 0 Å². The molecule has 0 spiro atoms. The third-order valence-electron chi connectivity index (χ3n) is 4.28. The molecule has 1 N–H and O–H groups in total. The topological polar surface area (TPSA) is 97.2 Å². The van der Waals surface area contributed by atoms with Crippen LogP contribution < -0.4 is 9.50 Å². The van der Waals surface area contributed by atoms with Gasteiger partial charge >= 0.3 is 10.1 Å². The maximum atomic E-state index is 12.9. The van der Waals surface area contributed by atoms with Gasteiger partial charge in [-0.15, -0.1) is 5.10 Å². The fourth-order valence-corrected chi connectivity index (χ4v) is 4.76. The van der Waals surface area contributed by atoms with Crippen LogP contribution in [0.3, 0.4) is 0 Å². The number of benzene rings is 2. The monoisotopic (exact) mass is 431 g/mol. The van der Waals surface area contributed by atoms with Crippen molar-refractivity contribution < 1.29 is 17.4 Å². The van der Waals surface area contributed by atoms with Crippen molar-refractivity contribution in [2.24, 2.45) is 10.2 Å². The van der Waals surface area contributed by atoms with Crippen LogP contribution in [0.1, 0.15) is 29.2 Å². The van der Waals surface area contributed by atoms with Gasteiger partial charge in [0.2, 0.25) is 5.91 Å². The molecule has 0 aliphatic carbocycles. The summed E-state index contributed by atoms with van der Waals surface area (Å²) in [4.78, 5) is 11.6. The van der Waals surface area contributed by atoms with Crippen LogP contribution in [0.4, 0.5) is 0 Å². The van der Waals surface area contributed by atoms with Gasteiger partial charge in [0.1, 0.15) is 4.90 Å². The molecule has 0 bridgehead atoms. The second kappa shape index (κ2) is 8.38. The molecule has 1 saturated heterocycles. The van der Waals surface area contributed by atoms with Crippen molar-refractivity contribution in [2.75, 3.05) is 0 Å². The summed E-state index contributed by atoms with van der Waals surface area (Å²) >= 11 is 1.27. The number of amidine groups is 1. The van der Waals surface area contributed by atoms with Gasteiger partial charge in [-0.2, -0.15) is 13.5 Å². The maximum absolute atomic E-state index is 12.9. The van der Waals surface area contributed by atoms with E-state index in [0.29, 0.717) is 21.9 Å². The number of carbonyl (C=O) groups is 1. The molecule has 1 aliphatic heterocycles. The lowest BCUT2D eigenvalue weighted by molar-refractivity contribution is -0.118. The summed E-state index contributed by atoms with van der Waals surface area (Å²) in [5, 5.41) is 10.8. The summed E-state index contributed by atoms with van der Waals surface area (Å²) in [7, 11) is -4.03. The summed E-state index contributed by atoms with van der Waals surface area (Å²) in [5.41, 5.74) is 2.54. The summed E-state index contributed by atoms with van der Waals surface area (Å²) in [6.45, 7) is 7.08. The quantitative estimate of drug-likeness (QED) is 0.445. The molecule has 2 aromatic carbocycles. The fraction of sp³-hybridized carbons (Fsp3) is 0.250. The van der Waals surface area contributed by atoms with E-state index in [1.165, 1.54) is 18.0 Å². The molecule has 0 radical (unpaired) electrons. The Morgan fingerprint density at radius 1 is 1.14 bits per heavy atom. The van der Waals surface area contributed by atoms with Gasteiger partial charge in [0.05, 0.1) is 11.5 Å². The molecule has 0 aromatic heterocycles. The summed E-state index contributed by atoms with van der Waals surface area (Å²) in [6, 6.07) is 10.4. The molecule has 29 heavy (non-hydrogen) atoms. The molecule has 1 unspecified atom stereocenters. The Balaban J connectivity index is 1.91. The average molecular weight is 432 g/mol. The highest BCUT2D eigenvalue weighted by Crippen LogP contribution is 2.28. The highest BCUT2D eigenvalue weighted by Gasteiger charge is 2.26. The molecule has 9 heteroatoms. The van der Waals surface area contributed by atoms with Crippen molar-refractivity contribution in [3.05, 3.63) is 58.7 Å². The molecule has 1 atom stereocenters. The van der Waals surface area contributed by atoms with E-state index in [0.717, 1.165) is 5.56 Å². The van der Waals surface area contributed by atoms with Crippen LogP contribution in [0.5, 0.6) is 5.75 Å². The van der Waals surface area contributed by atoms with Crippen molar-refractivity contribution in [3.63, 3.8) is 0 Å². The molecule has 1 fully saturated rings. The first-order chi connectivity index (χ1) is 13.7. The summed E-state index contributed by atoms with van der Waals surface area (Å²) < 4.78 is 31.3. The van der Waals surface area contributed by atoms with E-state index in [2.05, 4.69) is 15.5 Å². The number of nitrogens with one attached hydrogen (secondary N) is 1. The lowest BCUT2D eigenvalue weighted by Crippen LogP contribution is -2.23. The van der Waals surface area contributed by atoms with E-state index in [1.54, 1.807) is 51.1 Å². The molecule has 1 aliphatic rings. The molecule has 1 heterocycles. The third-order valence-corrected chi connectivity index (χ3v) is 6.62. The second-order valence-electron chi connectivity index (χ2n) is 6.70. The Morgan fingerprint density at radius 2 is 1.90 bits per heavy atom. The van der Waals surface area contributed by atoms with Crippen molar-refractivity contribution in [3.8, 4) is 5.75 Å². The van der Waals surface area contributed by atoms with Crippen LogP contribution in [0.25, 0.3) is 0 Å². The van der Waals surface area contributed by atoms with Gasteiger partial charge < -0.3 is 9.50 Å². The first kappa shape index (κ1) is 21.1. The van der Waals surface area contributed by atoms with Gasteiger partial charge in [-0.1, -0.05) is 36.0 Å². The minimum atomic E-state index is -4.03. The smallest absolute Gasteiger partial charge is 0.339 e. The van der Waals surface area contributed by atoms with Crippen LogP contribution in [-0.4, -0.2) is 31.0 Å². The second-order valence-corrected chi connectivity index (χ2v) is 9.54. The predicted octanol–water partition coefficient (Wildman–Crippen LogP) is 3.32. The molecule has 1 amide bonds. The SMILES string of the molecule is Cc1ccc(C)c(S(=O)(=O)Oc2c(C)cccc2/C=N/N=C2/NC(=O)C(C)S2)c1. The molecular formula is C20H21N3O4S2. The van der Waals surface area contributed by atoms with Crippen molar-refractivity contribution in [2.45, 2.75) is 37.8 Å². The third kappa shape index (κ3) is 4.86. The summed E-state index contributed by atoms with van der Waals surface area (Å²) in [5.74, 6) is 0.0666. The summed E-state index contributed by atoms with van der Waals surface area (Å²) in [6.07, 6.45) is 1.41. The van der Waals surface area contributed by atoms with Gasteiger partial charge in [0.25, 0.3) is 0 Å². The van der Waals surface area contributed by atoms with Gasteiger partial charge in [0, 0.05) is 5.56 Å². The van der Waals surface area contributed by atoms with E-state index < -0.39 is 10.1 Å². The number of thioether (sulfide) groups is 1. The van der Waals surface area contributed by atoms with E-state index in [-0.39, 0.29) is 21.8 Å². The highest BCUT2D eigenvalue weighted by molar-refractivity contribution is 8.15. The Hall–Kier alpha value is -2.65. The van der Waals surface area contributed by atoms with Gasteiger partial charge in [0.15, 0.2) is 10.9 Å². The number of para-hydroxylation sites is 1. The van der Waals surface area contributed by atoms with E-state index in [1.807, 2.05) is 13.0 Å². The predicted molar refractivity (Wildman–Crippen MR) is 115 cm³/mol. The van der Waals surface area contributed by atoms with Crippen LogP contribution >= 0.6 is 11.8 Å². The van der Waals surface area contributed by atoms with Crippen molar-refractivity contribution in [1.29, 1.82) is 0 Å². The van der Waals surface area contributed by atoms with Crippen molar-refractivity contribution in [1.82, 2.24) is 5.32 Å². The van der Waals surface area contributed by atoms with E-state index in [4.69, 9.17) is 4.18 Å². The number of rotatable bonds is 5. The number of aryl methyl sites for hydroxylation is 3. The first-order valence-electron chi connectivity index (χ1n) is 8.87. The zero-order chi connectivity index (χ0) is 21.2. The standard InChI is InChI=1S/C20H21N3O4S2/c1-12-8-9-13(2)17(10-12)29(25,26)27-18-14(3)6-5-7-16(18)11-21-23-20-22-19(24)15(4)28-20/h5-11,15H,1-4H3,(H,22,23,24)/b21-11+. The number of hydrogen-bond acceptors (Lipinski definition) is 7. The van der Waals surface area contributed by atoms with E-state index >= 15 is 0 Å². The lowest BCUT2D eigenvalue weighted by Gasteiger charge is -2.13. The minimum absolute atomic E-state index is 0.122. The van der Waals surface area contributed by atoms with Gasteiger partial charge in [-0.3, -0.25) is 4.79 Å². The molecule has 0 saturated carbocycles. The minimum Gasteiger partial charge on any atom is -0.378 e. The van der Waals surface area contributed by atoms with Gasteiger partial charge in [-0.05, 0) is 56.5 Å². The largest absolute Gasteiger partial charge is 0.378 e. The fourth-order valence-electron chi connectivity index (χ4n) is 2.67. The Bertz CT molecular complexity index is 1120. The Kier molecular flexibility index (Phi) is 6.09. The van der Waals surface area contributed by atoms with Crippen LogP contribution in [0, 0.1) is 20.8 Å².